The van der Waals surface area contributed by atoms with Crippen LogP contribution < -0.4 is 5.73 Å². The van der Waals surface area contributed by atoms with Gasteiger partial charge in [0.1, 0.15) is 17.9 Å². The van der Waals surface area contributed by atoms with Gasteiger partial charge < -0.3 is 15.7 Å². The number of carbonyl (C=O) groups is 1. The Balaban J connectivity index is 1.33. The third-order valence-corrected chi connectivity index (χ3v) is 5.26. The van der Waals surface area contributed by atoms with Crippen LogP contribution in [0.15, 0.2) is 36.7 Å². The van der Waals surface area contributed by atoms with Gasteiger partial charge in [0.05, 0.1) is 30.1 Å². The first-order valence-corrected chi connectivity index (χ1v) is 9.88. The van der Waals surface area contributed by atoms with Gasteiger partial charge in [-0.05, 0) is 18.6 Å². The van der Waals surface area contributed by atoms with Gasteiger partial charge in [-0.1, -0.05) is 23.4 Å². The van der Waals surface area contributed by atoms with Gasteiger partial charge in [0.2, 0.25) is 11.9 Å². The average molecular weight is 419 g/mol. The van der Waals surface area contributed by atoms with Crippen LogP contribution in [0.25, 0.3) is 22.3 Å². The third-order valence-electron chi connectivity index (χ3n) is 5.26. The predicted octanol–water partition coefficient (Wildman–Crippen LogP) is 0.227. The molecular weight excluding hydrogens is 398 g/mol. The number of hydrogen-bond acceptors (Lipinski definition) is 8. The molecule has 1 aliphatic heterocycles. The van der Waals surface area contributed by atoms with Crippen LogP contribution in [-0.2, 0) is 17.9 Å². The molecule has 1 aromatic carbocycles. The minimum atomic E-state index is -0.412. The molecule has 0 aliphatic carbocycles. The van der Waals surface area contributed by atoms with Gasteiger partial charge in [0.15, 0.2) is 0 Å². The van der Waals surface area contributed by atoms with Crippen molar-refractivity contribution in [3.63, 3.8) is 0 Å². The summed E-state index contributed by atoms with van der Waals surface area (Å²) < 4.78 is 3.25. The highest BCUT2D eigenvalue weighted by atomic mass is 16.3. The van der Waals surface area contributed by atoms with E-state index in [2.05, 4.69) is 25.4 Å². The van der Waals surface area contributed by atoms with E-state index in [0.717, 1.165) is 22.2 Å². The molecular formula is C20H21N9O2. The SMILES string of the molecule is Cc1cccc2c(-c3cn(Cc4ccn(CC(=O)N5CC(O)C5)n4)nn3)nc(N)nc12. The lowest BCUT2D eigenvalue weighted by Crippen LogP contribution is -2.54. The summed E-state index contributed by atoms with van der Waals surface area (Å²) in [4.78, 5) is 22.5. The van der Waals surface area contributed by atoms with E-state index in [1.54, 1.807) is 26.7 Å². The number of fused-ring (bicyclic) bond motifs is 1. The van der Waals surface area contributed by atoms with Gasteiger partial charge in [-0.3, -0.25) is 9.48 Å². The number of amides is 1. The topological polar surface area (TPSA) is 141 Å². The van der Waals surface area contributed by atoms with E-state index in [4.69, 9.17) is 5.73 Å². The first kappa shape index (κ1) is 19.1. The van der Waals surface area contributed by atoms with Crippen LogP contribution in [0.1, 0.15) is 11.3 Å². The molecule has 4 aromatic rings. The van der Waals surface area contributed by atoms with Crippen LogP contribution in [-0.4, -0.2) is 69.8 Å². The smallest absolute Gasteiger partial charge is 0.244 e. The highest BCUT2D eigenvalue weighted by Gasteiger charge is 2.28. The second kappa shape index (κ2) is 7.43. The molecule has 11 heteroatoms. The number of anilines is 1. The molecule has 11 nitrogen and oxygen atoms in total. The Morgan fingerprint density at radius 1 is 1.23 bits per heavy atom. The summed E-state index contributed by atoms with van der Waals surface area (Å²) in [5, 5.41) is 23.1. The lowest BCUT2D eigenvalue weighted by Gasteiger charge is -2.35. The molecule has 3 aromatic heterocycles. The summed E-state index contributed by atoms with van der Waals surface area (Å²) in [6.45, 7) is 3.28. The summed E-state index contributed by atoms with van der Waals surface area (Å²) in [6.07, 6.45) is 3.13. The first-order chi connectivity index (χ1) is 15.0. The normalized spacial score (nSPS) is 14.2. The maximum atomic E-state index is 12.1. The quantitative estimate of drug-likeness (QED) is 0.468. The van der Waals surface area contributed by atoms with Crippen molar-refractivity contribution in [3.8, 4) is 11.4 Å². The molecule has 4 heterocycles. The average Bonchev–Trinajstić information content (AvgIpc) is 3.35. The molecule has 1 aliphatic rings. The number of aliphatic hydroxyl groups excluding tert-OH is 1. The molecule has 0 spiro atoms. The fourth-order valence-corrected chi connectivity index (χ4v) is 3.63. The number of aryl methyl sites for hydroxylation is 1. The summed E-state index contributed by atoms with van der Waals surface area (Å²) in [6, 6.07) is 7.69. The fourth-order valence-electron chi connectivity index (χ4n) is 3.63. The summed E-state index contributed by atoms with van der Waals surface area (Å²) in [5.74, 6) is 0.121. The maximum absolute atomic E-state index is 12.1. The molecule has 0 radical (unpaired) electrons. The Hall–Kier alpha value is -3.86. The molecule has 31 heavy (non-hydrogen) atoms. The number of rotatable bonds is 5. The van der Waals surface area contributed by atoms with Crippen molar-refractivity contribution in [1.82, 2.24) is 39.6 Å². The number of carbonyl (C=O) groups excluding carboxylic acids is 1. The largest absolute Gasteiger partial charge is 0.389 e. The second-order valence-electron chi connectivity index (χ2n) is 7.66. The Morgan fingerprint density at radius 3 is 2.87 bits per heavy atom. The lowest BCUT2D eigenvalue weighted by molar-refractivity contribution is -0.142. The first-order valence-electron chi connectivity index (χ1n) is 9.88. The zero-order valence-corrected chi connectivity index (χ0v) is 16.9. The van der Waals surface area contributed by atoms with Crippen LogP contribution in [0.2, 0.25) is 0 Å². The number of β-amino-alcohol motifs (C(OH)–C–C–N with tert-alkyl or cyclic N) is 1. The Morgan fingerprint density at radius 2 is 2.06 bits per heavy atom. The van der Waals surface area contributed by atoms with Gasteiger partial charge in [-0.2, -0.15) is 5.10 Å². The van der Waals surface area contributed by atoms with E-state index < -0.39 is 6.10 Å². The number of aliphatic hydroxyl groups is 1. The van der Waals surface area contributed by atoms with Crippen molar-refractivity contribution in [2.45, 2.75) is 26.1 Å². The molecule has 1 saturated heterocycles. The summed E-state index contributed by atoms with van der Waals surface area (Å²) in [7, 11) is 0. The molecule has 0 saturated carbocycles. The van der Waals surface area contributed by atoms with Gasteiger partial charge >= 0.3 is 0 Å². The van der Waals surface area contributed by atoms with E-state index >= 15 is 0 Å². The van der Waals surface area contributed by atoms with Crippen LogP contribution in [0.5, 0.6) is 0 Å². The van der Waals surface area contributed by atoms with E-state index in [1.165, 1.54) is 0 Å². The number of para-hydroxylation sites is 1. The molecule has 0 atom stereocenters. The number of hydrogen-bond donors (Lipinski definition) is 2. The van der Waals surface area contributed by atoms with Gasteiger partial charge in [0, 0.05) is 24.7 Å². The van der Waals surface area contributed by atoms with E-state index in [1.807, 2.05) is 31.2 Å². The van der Waals surface area contributed by atoms with E-state index in [-0.39, 0.29) is 18.4 Å². The van der Waals surface area contributed by atoms with Crippen molar-refractivity contribution >= 4 is 22.8 Å². The number of nitrogens with zero attached hydrogens (tertiary/aromatic N) is 8. The van der Waals surface area contributed by atoms with Gasteiger partial charge in [0.25, 0.3) is 0 Å². The molecule has 5 rings (SSSR count). The molecule has 1 amide bonds. The van der Waals surface area contributed by atoms with Crippen molar-refractivity contribution in [1.29, 1.82) is 0 Å². The predicted molar refractivity (Wildman–Crippen MR) is 112 cm³/mol. The van der Waals surface area contributed by atoms with E-state index in [0.29, 0.717) is 31.0 Å². The minimum Gasteiger partial charge on any atom is -0.389 e. The van der Waals surface area contributed by atoms with Gasteiger partial charge in [-0.15, -0.1) is 5.10 Å². The van der Waals surface area contributed by atoms with Crippen molar-refractivity contribution in [2.24, 2.45) is 0 Å². The zero-order chi connectivity index (χ0) is 21.5. The number of nitrogens with two attached hydrogens (primary N) is 1. The fraction of sp³-hybridized carbons (Fsp3) is 0.300. The standard InChI is InChI=1S/C20H21N9O2/c1-12-3-2-4-15-18(12)22-20(21)23-19(15)16-10-29(26-24-16)7-13-5-6-28(25-13)11-17(31)27-8-14(30)9-27/h2-6,10,14,30H,7-9,11H2,1H3,(H2,21,22,23). The molecule has 0 unspecified atom stereocenters. The lowest BCUT2D eigenvalue weighted by atomic mass is 10.1. The second-order valence-corrected chi connectivity index (χ2v) is 7.66. The van der Waals surface area contributed by atoms with E-state index in [9.17, 15) is 9.90 Å². The monoisotopic (exact) mass is 419 g/mol. The maximum Gasteiger partial charge on any atom is 0.244 e. The van der Waals surface area contributed by atoms with Gasteiger partial charge in [-0.25, -0.2) is 14.6 Å². The number of benzene rings is 1. The van der Waals surface area contributed by atoms with Crippen LogP contribution >= 0.6 is 0 Å². The van der Waals surface area contributed by atoms with Crippen LogP contribution in [0.4, 0.5) is 5.95 Å². The summed E-state index contributed by atoms with van der Waals surface area (Å²) >= 11 is 0. The molecule has 1 fully saturated rings. The number of aromatic nitrogens is 7. The number of nitrogen functional groups attached to an aromatic ring is 1. The van der Waals surface area contributed by atoms with Crippen molar-refractivity contribution in [2.75, 3.05) is 18.8 Å². The third kappa shape index (κ3) is 3.70. The van der Waals surface area contributed by atoms with Crippen LogP contribution in [0.3, 0.4) is 0 Å². The zero-order valence-electron chi connectivity index (χ0n) is 16.9. The Labute approximate surface area is 177 Å². The molecule has 3 N–H and O–H groups in total. The number of likely N-dealkylation sites (tertiary alicyclic amines) is 1. The Bertz CT molecular complexity index is 1270. The van der Waals surface area contributed by atoms with Crippen molar-refractivity contribution < 1.29 is 9.90 Å². The molecule has 158 valence electrons. The minimum absolute atomic E-state index is 0.0634. The Kier molecular flexibility index (Phi) is 4.59. The summed E-state index contributed by atoms with van der Waals surface area (Å²) in [5.41, 5.74) is 9.68. The molecule has 0 bridgehead atoms. The highest BCUT2D eigenvalue weighted by Crippen LogP contribution is 2.26. The highest BCUT2D eigenvalue weighted by molar-refractivity contribution is 5.93. The van der Waals surface area contributed by atoms with Crippen LogP contribution in [0, 0.1) is 6.92 Å². The van der Waals surface area contributed by atoms with Crippen molar-refractivity contribution in [3.05, 3.63) is 47.9 Å².